The van der Waals surface area contributed by atoms with Crippen molar-refractivity contribution >= 4 is 22.4 Å². The lowest BCUT2D eigenvalue weighted by Gasteiger charge is -2.15. The van der Waals surface area contributed by atoms with E-state index in [1.54, 1.807) is 61.5 Å². The highest BCUT2D eigenvalue weighted by molar-refractivity contribution is 6.09. The van der Waals surface area contributed by atoms with Crippen LogP contribution in [0.25, 0.3) is 27.6 Å². The van der Waals surface area contributed by atoms with Crippen LogP contribution in [0, 0.1) is 11.3 Å². The van der Waals surface area contributed by atoms with Gasteiger partial charge in [-0.3, -0.25) is 4.79 Å². The third kappa shape index (κ3) is 3.29. The standard InChI is InChI=1S/C25H18N4O5/c1-2-32-25(31)23-17-11-16(14-8-9-19-20(10-14)34-13-33-19)18(12-26)22(27)21(17)24(30)29(28-23)15-6-4-3-5-7-15/h3-11H,2,13,27H2,1H3. The summed E-state index contributed by atoms with van der Waals surface area (Å²) in [5.74, 6) is 0.386. The SMILES string of the molecule is CCOC(=O)c1nn(-c2ccccc2)c(=O)c2c(N)c(C#N)c(-c3ccc4c(c3)OCO4)cc12. The number of aromatic nitrogens is 2. The summed E-state index contributed by atoms with van der Waals surface area (Å²) in [6.07, 6.45) is 0. The first-order chi connectivity index (χ1) is 16.5. The van der Waals surface area contributed by atoms with Crippen LogP contribution in [0.3, 0.4) is 0 Å². The minimum atomic E-state index is -0.710. The molecule has 0 radical (unpaired) electrons. The number of anilines is 1. The number of ether oxygens (including phenoxy) is 3. The second-order valence-electron chi connectivity index (χ2n) is 7.44. The van der Waals surface area contributed by atoms with E-state index in [0.717, 1.165) is 4.68 Å². The molecule has 0 aliphatic carbocycles. The van der Waals surface area contributed by atoms with Gasteiger partial charge in [0.1, 0.15) is 6.07 Å². The second-order valence-corrected chi connectivity index (χ2v) is 7.44. The van der Waals surface area contributed by atoms with Crippen molar-refractivity contribution in [3.8, 4) is 34.4 Å². The third-order valence-corrected chi connectivity index (χ3v) is 5.49. The number of benzene rings is 3. The quantitative estimate of drug-likeness (QED) is 0.367. The van der Waals surface area contributed by atoms with Crippen LogP contribution in [0.5, 0.6) is 11.5 Å². The number of nitrogens with zero attached hydrogens (tertiary/aromatic N) is 3. The molecule has 0 bridgehead atoms. The highest BCUT2D eigenvalue weighted by Crippen LogP contribution is 2.39. The number of esters is 1. The fraction of sp³-hybridized carbons (Fsp3) is 0.120. The fourth-order valence-electron chi connectivity index (χ4n) is 3.93. The van der Waals surface area contributed by atoms with Gasteiger partial charge in [0, 0.05) is 10.9 Å². The smallest absolute Gasteiger partial charge is 0.359 e. The van der Waals surface area contributed by atoms with Gasteiger partial charge in [0.15, 0.2) is 17.2 Å². The molecule has 34 heavy (non-hydrogen) atoms. The number of carbonyl (C=O) groups is 1. The Labute approximate surface area is 193 Å². The van der Waals surface area contributed by atoms with Crippen molar-refractivity contribution in [2.75, 3.05) is 19.1 Å². The number of fused-ring (bicyclic) bond motifs is 2. The lowest BCUT2D eigenvalue weighted by molar-refractivity contribution is 0.0520. The van der Waals surface area contributed by atoms with Gasteiger partial charge in [-0.1, -0.05) is 24.3 Å². The van der Waals surface area contributed by atoms with E-state index in [1.807, 2.05) is 0 Å². The van der Waals surface area contributed by atoms with Crippen LogP contribution in [0.2, 0.25) is 0 Å². The van der Waals surface area contributed by atoms with Gasteiger partial charge in [-0.2, -0.15) is 15.0 Å². The predicted molar refractivity (Wildman–Crippen MR) is 124 cm³/mol. The van der Waals surface area contributed by atoms with E-state index < -0.39 is 11.5 Å². The normalized spacial score (nSPS) is 11.9. The monoisotopic (exact) mass is 454 g/mol. The molecule has 0 saturated carbocycles. The summed E-state index contributed by atoms with van der Waals surface area (Å²) in [7, 11) is 0. The van der Waals surface area contributed by atoms with Crippen LogP contribution < -0.4 is 20.8 Å². The maximum absolute atomic E-state index is 13.5. The molecule has 1 aliphatic rings. The van der Waals surface area contributed by atoms with Gasteiger partial charge in [-0.25, -0.2) is 4.79 Å². The Morgan fingerprint density at radius 2 is 1.94 bits per heavy atom. The summed E-state index contributed by atoms with van der Waals surface area (Å²) in [5, 5.41) is 14.5. The summed E-state index contributed by atoms with van der Waals surface area (Å²) in [5.41, 5.74) is 7.29. The maximum Gasteiger partial charge on any atom is 0.359 e. The summed E-state index contributed by atoms with van der Waals surface area (Å²) in [6.45, 7) is 1.89. The molecular formula is C25H18N4O5. The Morgan fingerprint density at radius 3 is 2.68 bits per heavy atom. The van der Waals surface area contributed by atoms with Gasteiger partial charge in [0.2, 0.25) is 6.79 Å². The zero-order chi connectivity index (χ0) is 23.8. The number of nitriles is 1. The molecule has 0 spiro atoms. The zero-order valence-electron chi connectivity index (χ0n) is 18.1. The first-order valence-corrected chi connectivity index (χ1v) is 10.5. The van der Waals surface area contributed by atoms with Crippen LogP contribution in [0.4, 0.5) is 5.69 Å². The topological polar surface area (TPSA) is 129 Å². The number of nitrogen functional groups attached to an aromatic ring is 1. The Bertz CT molecular complexity index is 1550. The van der Waals surface area contributed by atoms with Crippen molar-refractivity contribution < 1.29 is 19.0 Å². The molecule has 9 nitrogen and oxygen atoms in total. The predicted octanol–water partition coefficient (Wildman–Crippen LogP) is 3.41. The number of para-hydroxylation sites is 1. The van der Waals surface area contributed by atoms with Gasteiger partial charge in [-0.05, 0) is 42.8 Å². The van der Waals surface area contributed by atoms with E-state index in [4.69, 9.17) is 19.9 Å². The average molecular weight is 454 g/mol. The van der Waals surface area contributed by atoms with E-state index in [2.05, 4.69) is 11.2 Å². The van der Waals surface area contributed by atoms with Crippen LogP contribution >= 0.6 is 0 Å². The summed E-state index contributed by atoms with van der Waals surface area (Å²) in [4.78, 5) is 26.4. The molecule has 9 heteroatoms. The number of nitrogens with two attached hydrogens (primary N) is 1. The van der Waals surface area contributed by atoms with Crippen LogP contribution in [-0.2, 0) is 4.74 Å². The molecule has 168 valence electrons. The van der Waals surface area contributed by atoms with Crippen LogP contribution in [0.1, 0.15) is 23.0 Å². The van der Waals surface area contributed by atoms with E-state index in [-0.39, 0.29) is 41.1 Å². The van der Waals surface area contributed by atoms with Gasteiger partial charge < -0.3 is 19.9 Å². The number of hydrogen-bond acceptors (Lipinski definition) is 8. The lowest BCUT2D eigenvalue weighted by Crippen LogP contribution is -2.26. The number of hydrogen-bond donors (Lipinski definition) is 1. The van der Waals surface area contributed by atoms with Crippen molar-refractivity contribution in [1.29, 1.82) is 5.26 Å². The highest BCUT2D eigenvalue weighted by Gasteiger charge is 2.25. The van der Waals surface area contributed by atoms with Crippen molar-refractivity contribution in [1.82, 2.24) is 9.78 Å². The molecule has 0 amide bonds. The minimum Gasteiger partial charge on any atom is -0.461 e. The van der Waals surface area contributed by atoms with Gasteiger partial charge in [0.05, 0.1) is 28.9 Å². The molecule has 0 fully saturated rings. The summed E-state index contributed by atoms with van der Waals surface area (Å²) >= 11 is 0. The maximum atomic E-state index is 13.5. The van der Waals surface area contributed by atoms with E-state index in [9.17, 15) is 14.9 Å². The average Bonchev–Trinajstić information content (AvgIpc) is 3.32. The number of rotatable bonds is 4. The first kappa shape index (κ1) is 21.0. The number of carbonyl (C=O) groups excluding carboxylic acids is 1. The Morgan fingerprint density at radius 1 is 1.18 bits per heavy atom. The van der Waals surface area contributed by atoms with Crippen molar-refractivity contribution in [2.45, 2.75) is 6.92 Å². The van der Waals surface area contributed by atoms with Crippen molar-refractivity contribution in [3.05, 3.63) is 76.2 Å². The Kier molecular flexibility index (Phi) is 5.11. The van der Waals surface area contributed by atoms with E-state index >= 15 is 0 Å². The molecule has 0 unspecified atom stereocenters. The van der Waals surface area contributed by atoms with E-state index in [1.165, 1.54) is 0 Å². The van der Waals surface area contributed by atoms with E-state index in [0.29, 0.717) is 28.3 Å². The third-order valence-electron chi connectivity index (χ3n) is 5.49. The minimum absolute atomic E-state index is 0.0166. The van der Waals surface area contributed by atoms with Crippen LogP contribution in [-0.4, -0.2) is 29.1 Å². The summed E-state index contributed by atoms with van der Waals surface area (Å²) in [6, 6.07) is 17.5. The Balaban J connectivity index is 1.86. The summed E-state index contributed by atoms with van der Waals surface area (Å²) < 4.78 is 17.1. The molecule has 0 saturated heterocycles. The molecule has 2 N–H and O–H groups in total. The molecule has 2 heterocycles. The second kappa shape index (κ2) is 8.26. The molecule has 1 aliphatic heterocycles. The molecule has 3 aromatic carbocycles. The van der Waals surface area contributed by atoms with Crippen molar-refractivity contribution in [3.63, 3.8) is 0 Å². The molecular weight excluding hydrogens is 436 g/mol. The van der Waals surface area contributed by atoms with Crippen molar-refractivity contribution in [2.24, 2.45) is 0 Å². The fourth-order valence-corrected chi connectivity index (χ4v) is 3.93. The van der Waals surface area contributed by atoms with Gasteiger partial charge in [0.25, 0.3) is 5.56 Å². The molecule has 4 aromatic rings. The largest absolute Gasteiger partial charge is 0.461 e. The highest BCUT2D eigenvalue weighted by atomic mass is 16.7. The zero-order valence-corrected chi connectivity index (χ0v) is 18.1. The Hall–Kier alpha value is -4.84. The van der Waals surface area contributed by atoms with Gasteiger partial charge >= 0.3 is 5.97 Å². The molecule has 0 atom stereocenters. The molecule has 1 aromatic heterocycles. The van der Waals surface area contributed by atoms with Gasteiger partial charge in [-0.15, -0.1) is 0 Å². The first-order valence-electron chi connectivity index (χ1n) is 10.5. The molecule has 5 rings (SSSR count). The lowest BCUT2D eigenvalue weighted by atomic mass is 9.94. The van der Waals surface area contributed by atoms with Crippen LogP contribution in [0.15, 0.2) is 59.4 Å².